The maximum Gasteiger partial charge on any atom is 0.334 e. The molecule has 0 saturated carbocycles. The van der Waals surface area contributed by atoms with Crippen LogP contribution in [-0.4, -0.2) is 53.2 Å². The van der Waals surface area contributed by atoms with Gasteiger partial charge in [0.15, 0.2) is 0 Å². The standard InChI is InChI=1S/C35H57NO4.H4O5P2/c1-8-9-10-11-12-13-17-20-35(40,27-18-15-14-16-19-27)34(24-37,25-38)31(39)30-28(32(2,3)4)21-26(23-36)22-29(30)33(5,6)7;1-6(2)5-7(3)4/h14-16,18-19,21-22,31,37-40H,8-13,17,20,23-25,36H2,1-7H3;1-4H. The highest BCUT2D eigenvalue weighted by Gasteiger charge is 2.56. The average Bonchev–Trinajstić information content (AvgIpc) is 2.99. The van der Waals surface area contributed by atoms with E-state index in [9.17, 15) is 20.4 Å². The van der Waals surface area contributed by atoms with E-state index in [1.165, 1.54) is 19.3 Å². The van der Waals surface area contributed by atoms with Crippen LogP contribution in [0.2, 0.25) is 0 Å². The van der Waals surface area contributed by atoms with E-state index in [0.717, 1.165) is 42.4 Å². The maximum absolute atomic E-state index is 12.7. The van der Waals surface area contributed by atoms with Gasteiger partial charge in [0.2, 0.25) is 0 Å². The van der Waals surface area contributed by atoms with Crippen molar-refractivity contribution < 1.29 is 44.3 Å². The number of benzene rings is 2. The summed E-state index contributed by atoms with van der Waals surface area (Å²) in [6, 6.07) is 13.3. The minimum absolute atomic E-state index is 0.319. The van der Waals surface area contributed by atoms with E-state index in [4.69, 9.17) is 25.3 Å². The highest BCUT2D eigenvalue weighted by Crippen LogP contribution is 2.54. The van der Waals surface area contributed by atoms with E-state index in [0.29, 0.717) is 24.1 Å². The Labute approximate surface area is 284 Å². The van der Waals surface area contributed by atoms with Crippen LogP contribution in [0.5, 0.6) is 0 Å². The third-order valence-electron chi connectivity index (χ3n) is 8.82. The molecular weight excluding hydrogens is 640 g/mol. The summed E-state index contributed by atoms with van der Waals surface area (Å²) >= 11 is 0. The molecule has 0 amide bonds. The van der Waals surface area contributed by atoms with Crippen LogP contribution in [0.15, 0.2) is 42.5 Å². The van der Waals surface area contributed by atoms with Crippen molar-refractivity contribution >= 4 is 17.2 Å². The Morgan fingerprint density at radius 2 is 1.19 bits per heavy atom. The van der Waals surface area contributed by atoms with Gasteiger partial charge in [-0.25, -0.2) is 4.31 Å². The molecule has 10 nitrogen and oxygen atoms in total. The fraction of sp³-hybridized carbons (Fsp3) is 0.657. The zero-order valence-electron chi connectivity index (χ0n) is 29.4. The van der Waals surface area contributed by atoms with Gasteiger partial charge < -0.3 is 45.7 Å². The van der Waals surface area contributed by atoms with Crippen molar-refractivity contribution in [1.29, 1.82) is 0 Å². The Bertz CT molecular complexity index is 1120. The monoisotopic (exact) mass is 701 g/mol. The van der Waals surface area contributed by atoms with Gasteiger partial charge in [-0.05, 0) is 45.1 Å². The summed E-state index contributed by atoms with van der Waals surface area (Å²) in [5, 5.41) is 47.3. The Hall–Kier alpha value is -1.10. The smallest absolute Gasteiger partial charge is 0.334 e. The molecule has 0 radical (unpaired) electrons. The first-order valence-electron chi connectivity index (χ1n) is 16.5. The fourth-order valence-electron chi connectivity index (χ4n) is 6.15. The quantitative estimate of drug-likeness (QED) is 0.0677. The van der Waals surface area contributed by atoms with Crippen molar-refractivity contribution in [3.05, 3.63) is 70.3 Å². The van der Waals surface area contributed by atoms with Crippen molar-refractivity contribution in [3.8, 4) is 0 Å². The van der Waals surface area contributed by atoms with Gasteiger partial charge in [0, 0.05) is 6.54 Å². The van der Waals surface area contributed by atoms with E-state index in [1.54, 1.807) is 0 Å². The Morgan fingerprint density at radius 3 is 1.55 bits per heavy atom. The van der Waals surface area contributed by atoms with Gasteiger partial charge >= 0.3 is 17.2 Å². The SMILES string of the molecule is CCCCCCCCCC(O)(c1ccccc1)C(CO)(CO)C(O)c1c(C(C)(C)C)cc(CN)cc1C(C)(C)C.OP(O)OP(O)O. The first-order chi connectivity index (χ1) is 21.9. The minimum atomic E-state index is -2.61. The zero-order valence-corrected chi connectivity index (χ0v) is 31.1. The summed E-state index contributed by atoms with van der Waals surface area (Å²) in [7, 11) is -5.22. The second-order valence-corrected chi connectivity index (χ2v) is 16.0. The molecule has 0 saturated heterocycles. The molecular formula is C35H61NO9P2. The molecule has 0 aromatic heterocycles. The fourth-order valence-corrected chi connectivity index (χ4v) is 6.67. The lowest BCUT2D eigenvalue weighted by Crippen LogP contribution is -2.55. The molecule has 12 heteroatoms. The van der Waals surface area contributed by atoms with Crippen LogP contribution in [0.1, 0.15) is 134 Å². The van der Waals surface area contributed by atoms with Crippen LogP contribution in [0.25, 0.3) is 0 Å². The van der Waals surface area contributed by atoms with Gasteiger partial charge in [0.1, 0.15) is 5.60 Å². The lowest BCUT2D eigenvalue weighted by Gasteiger charge is -2.50. The topological polar surface area (TPSA) is 197 Å². The molecule has 0 aliphatic rings. The van der Waals surface area contributed by atoms with Gasteiger partial charge in [-0.1, -0.05) is 136 Å². The zero-order chi connectivity index (χ0) is 36.1. The van der Waals surface area contributed by atoms with E-state index in [1.807, 2.05) is 42.5 Å². The molecule has 2 aromatic carbocycles. The predicted octanol–water partition coefficient (Wildman–Crippen LogP) is 6.20. The Morgan fingerprint density at radius 1 is 0.745 bits per heavy atom. The van der Waals surface area contributed by atoms with E-state index < -0.39 is 47.5 Å². The Kier molecular flexibility index (Phi) is 18.6. The lowest BCUT2D eigenvalue weighted by molar-refractivity contribution is -0.197. The van der Waals surface area contributed by atoms with Crippen molar-refractivity contribution in [2.45, 2.75) is 129 Å². The molecule has 2 atom stereocenters. The number of unbranched alkanes of at least 4 members (excludes halogenated alkanes) is 6. The molecule has 2 unspecified atom stereocenters. The van der Waals surface area contributed by atoms with Gasteiger partial charge in [0.05, 0.1) is 24.7 Å². The lowest BCUT2D eigenvalue weighted by atomic mass is 9.60. The maximum atomic E-state index is 12.7. The van der Waals surface area contributed by atoms with Crippen molar-refractivity contribution in [2.24, 2.45) is 11.1 Å². The van der Waals surface area contributed by atoms with Gasteiger partial charge in [-0.2, -0.15) is 0 Å². The number of aliphatic hydroxyl groups excluding tert-OH is 3. The van der Waals surface area contributed by atoms with Crippen molar-refractivity contribution in [2.75, 3.05) is 13.2 Å². The molecule has 0 fully saturated rings. The largest absolute Gasteiger partial charge is 0.395 e. The van der Waals surface area contributed by atoms with E-state index in [-0.39, 0.29) is 10.8 Å². The van der Waals surface area contributed by atoms with Crippen LogP contribution in [0.3, 0.4) is 0 Å². The molecule has 0 spiro atoms. The average molecular weight is 702 g/mol. The van der Waals surface area contributed by atoms with Gasteiger partial charge in [-0.15, -0.1) is 0 Å². The third-order valence-corrected chi connectivity index (χ3v) is 9.98. The van der Waals surface area contributed by atoms with Crippen LogP contribution in [0.4, 0.5) is 0 Å². The first-order valence-corrected chi connectivity index (χ1v) is 18.8. The molecule has 2 aromatic rings. The summed E-state index contributed by atoms with van der Waals surface area (Å²) in [5.41, 5.74) is 6.10. The van der Waals surface area contributed by atoms with Crippen LogP contribution < -0.4 is 5.73 Å². The number of hydrogen-bond acceptors (Lipinski definition) is 10. The van der Waals surface area contributed by atoms with Crippen LogP contribution in [0, 0.1) is 5.41 Å². The molecule has 47 heavy (non-hydrogen) atoms. The summed E-state index contributed by atoms with van der Waals surface area (Å²) in [6.07, 6.45) is 6.49. The minimum Gasteiger partial charge on any atom is -0.395 e. The molecule has 10 N–H and O–H groups in total. The summed E-state index contributed by atoms with van der Waals surface area (Å²) in [5.74, 6) is 0. The molecule has 0 aliphatic heterocycles. The van der Waals surface area contributed by atoms with Crippen LogP contribution in [-0.2, 0) is 27.3 Å². The van der Waals surface area contributed by atoms with E-state index in [2.05, 4.69) is 52.8 Å². The number of hydrogen-bond donors (Lipinski definition) is 9. The highest BCUT2D eigenvalue weighted by atomic mass is 31.2. The normalized spacial score (nSPS) is 14.6. The summed E-state index contributed by atoms with van der Waals surface area (Å²) < 4.78 is 3.60. The highest BCUT2D eigenvalue weighted by molar-refractivity contribution is 7.53. The van der Waals surface area contributed by atoms with Crippen molar-refractivity contribution in [1.82, 2.24) is 0 Å². The van der Waals surface area contributed by atoms with E-state index >= 15 is 0 Å². The third kappa shape index (κ3) is 12.3. The molecule has 0 heterocycles. The van der Waals surface area contributed by atoms with Crippen LogP contribution >= 0.6 is 17.2 Å². The second kappa shape index (κ2) is 19.9. The molecule has 0 aliphatic carbocycles. The van der Waals surface area contributed by atoms with Gasteiger partial charge in [0.25, 0.3) is 0 Å². The summed E-state index contributed by atoms with van der Waals surface area (Å²) in [4.78, 5) is 31.3. The second-order valence-electron chi connectivity index (χ2n) is 14.4. The first kappa shape index (κ1) is 43.9. The number of rotatable bonds is 17. The molecule has 0 bridgehead atoms. The van der Waals surface area contributed by atoms with Crippen molar-refractivity contribution in [3.63, 3.8) is 0 Å². The van der Waals surface area contributed by atoms with Gasteiger partial charge in [-0.3, -0.25) is 0 Å². The molecule has 270 valence electrons. The number of nitrogens with two attached hydrogens (primary N) is 1. The molecule has 2 rings (SSSR count). The number of aliphatic hydroxyl groups is 4. The Balaban J connectivity index is 0.00000141. The summed E-state index contributed by atoms with van der Waals surface area (Å²) in [6.45, 7) is 13.9. The predicted molar refractivity (Wildman–Crippen MR) is 190 cm³/mol.